The van der Waals surface area contributed by atoms with Crippen LogP contribution in [0.1, 0.15) is 37.4 Å². The summed E-state index contributed by atoms with van der Waals surface area (Å²) in [4.78, 5) is 0. The van der Waals surface area contributed by atoms with E-state index in [4.69, 9.17) is 4.42 Å². The summed E-state index contributed by atoms with van der Waals surface area (Å²) in [6.45, 7) is 5.97. The van der Waals surface area contributed by atoms with E-state index in [1.807, 2.05) is 26.8 Å². The summed E-state index contributed by atoms with van der Waals surface area (Å²) in [7, 11) is 0. The monoisotopic (exact) mass is 176 g/mol. The van der Waals surface area contributed by atoms with Crippen LogP contribution in [0.4, 0.5) is 0 Å². The van der Waals surface area contributed by atoms with Crippen LogP contribution in [0.25, 0.3) is 12.2 Å². The molecule has 0 atom stereocenters. The van der Waals surface area contributed by atoms with E-state index in [1.54, 1.807) is 0 Å². The minimum atomic E-state index is 0.978. The summed E-state index contributed by atoms with van der Waals surface area (Å²) in [5.41, 5.74) is 1.19. The molecule has 0 saturated carbocycles. The molecule has 2 rings (SSSR count). The Balaban J connectivity index is 0.000000396. The zero-order chi connectivity index (χ0) is 9.68. The number of fused-ring (bicyclic) bond motifs is 1. The second-order valence-electron chi connectivity index (χ2n) is 2.72. The van der Waals surface area contributed by atoms with Gasteiger partial charge in [0.1, 0.15) is 11.5 Å². The van der Waals surface area contributed by atoms with Crippen LogP contribution in [0.5, 0.6) is 0 Å². The lowest BCUT2D eigenvalue weighted by Crippen LogP contribution is -1.66. The fourth-order valence-corrected chi connectivity index (χ4v) is 1.26. The lowest BCUT2D eigenvalue weighted by Gasteiger charge is -1.84. The number of furan rings is 1. The minimum absolute atomic E-state index is 0.978. The van der Waals surface area contributed by atoms with Gasteiger partial charge in [-0.15, -0.1) is 0 Å². The topological polar surface area (TPSA) is 13.1 Å². The molecular formula is C12H16O. The van der Waals surface area contributed by atoms with Crippen molar-refractivity contribution >= 4 is 12.2 Å². The van der Waals surface area contributed by atoms with E-state index in [0.29, 0.717) is 0 Å². The van der Waals surface area contributed by atoms with Crippen molar-refractivity contribution in [2.75, 3.05) is 0 Å². The third-order valence-electron chi connectivity index (χ3n) is 1.75. The molecule has 1 aromatic heterocycles. The number of aryl methyl sites for hydroxylation is 1. The summed E-state index contributed by atoms with van der Waals surface area (Å²) in [6.07, 6.45) is 9.37. The summed E-state index contributed by atoms with van der Waals surface area (Å²) in [5.74, 6) is 1.96. The quantitative estimate of drug-likeness (QED) is 0.581. The van der Waals surface area contributed by atoms with Gasteiger partial charge in [0.05, 0.1) is 0 Å². The number of rotatable bonds is 0. The first-order valence-electron chi connectivity index (χ1n) is 4.80. The highest BCUT2D eigenvalue weighted by atomic mass is 16.3. The van der Waals surface area contributed by atoms with Gasteiger partial charge in [-0.2, -0.15) is 0 Å². The van der Waals surface area contributed by atoms with E-state index in [2.05, 4.69) is 24.3 Å². The second kappa shape index (κ2) is 4.70. The SMILES string of the molecule is CC.Cc1cc2c(o1)C=CCC=C2. The Kier molecular flexibility index (Phi) is 3.56. The molecule has 0 saturated heterocycles. The molecule has 0 radical (unpaired) electrons. The molecule has 0 unspecified atom stereocenters. The van der Waals surface area contributed by atoms with Crippen molar-refractivity contribution in [1.29, 1.82) is 0 Å². The van der Waals surface area contributed by atoms with Crippen molar-refractivity contribution in [1.82, 2.24) is 0 Å². The van der Waals surface area contributed by atoms with Crippen LogP contribution in [0.15, 0.2) is 22.6 Å². The highest BCUT2D eigenvalue weighted by Gasteiger charge is 2.03. The summed E-state index contributed by atoms with van der Waals surface area (Å²) in [6, 6.07) is 2.06. The largest absolute Gasteiger partial charge is 0.461 e. The van der Waals surface area contributed by atoms with Gasteiger partial charge in [-0.3, -0.25) is 0 Å². The molecule has 1 aromatic rings. The van der Waals surface area contributed by atoms with Crippen LogP contribution in [-0.2, 0) is 0 Å². The Morgan fingerprint density at radius 1 is 1.15 bits per heavy atom. The van der Waals surface area contributed by atoms with E-state index in [9.17, 15) is 0 Å². The first kappa shape index (κ1) is 9.85. The third kappa shape index (κ3) is 2.35. The van der Waals surface area contributed by atoms with Crippen molar-refractivity contribution in [3.63, 3.8) is 0 Å². The standard InChI is InChI=1S/C10H10O.C2H6/c1-8-7-9-5-3-2-4-6-10(9)11-8;1-2/h3-7H,2H2,1H3;1-2H3. The van der Waals surface area contributed by atoms with Crippen LogP contribution in [0.3, 0.4) is 0 Å². The average molecular weight is 176 g/mol. The molecule has 13 heavy (non-hydrogen) atoms. The van der Waals surface area contributed by atoms with Crippen molar-refractivity contribution in [2.24, 2.45) is 0 Å². The number of allylic oxidation sites excluding steroid dienone is 2. The molecule has 0 spiro atoms. The molecule has 0 fully saturated rings. The highest BCUT2D eigenvalue weighted by molar-refractivity contribution is 5.64. The van der Waals surface area contributed by atoms with Gasteiger partial charge in [0.2, 0.25) is 0 Å². The predicted molar refractivity (Wildman–Crippen MR) is 57.5 cm³/mol. The number of hydrogen-bond donors (Lipinski definition) is 0. The lowest BCUT2D eigenvalue weighted by molar-refractivity contribution is 0.524. The Bertz CT molecular complexity index is 286. The molecule has 0 bridgehead atoms. The van der Waals surface area contributed by atoms with Crippen molar-refractivity contribution in [2.45, 2.75) is 27.2 Å². The Morgan fingerprint density at radius 2 is 1.85 bits per heavy atom. The molecule has 1 aliphatic rings. The summed E-state index contributed by atoms with van der Waals surface area (Å²) < 4.78 is 5.45. The summed E-state index contributed by atoms with van der Waals surface area (Å²) >= 11 is 0. The molecule has 1 heterocycles. The third-order valence-corrected chi connectivity index (χ3v) is 1.75. The molecule has 0 N–H and O–H groups in total. The zero-order valence-corrected chi connectivity index (χ0v) is 8.50. The molecule has 70 valence electrons. The Hall–Kier alpha value is -1.24. The highest BCUT2D eigenvalue weighted by Crippen LogP contribution is 2.20. The number of hydrogen-bond acceptors (Lipinski definition) is 1. The molecule has 0 aromatic carbocycles. The molecule has 0 amide bonds. The van der Waals surface area contributed by atoms with E-state index in [0.717, 1.165) is 17.9 Å². The lowest BCUT2D eigenvalue weighted by atomic mass is 10.2. The van der Waals surface area contributed by atoms with Gasteiger partial charge in [-0.25, -0.2) is 0 Å². The van der Waals surface area contributed by atoms with Crippen molar-refractivity contribution in [3.05, 3.63) is 35.3 Å². The average Bonchev–Trinajstić information content (AvgIpc) is 2.36. The molecule has 0 aliphatic heterocycles. The van der Waals surface area contributed by atoms with Crippen LogP contribution >= 0.6 is 0 Å². The van der Waals surface area contributed by atoms with Gasteiger partial charge < -0.3 is 4.42 Å². The fraction of sp³-hybridized carbons (Fsp3) is 0.333. The van der Waals surface area contributed by atoms with Crippen LogP contribution in [0.2, 0.25) is 0 Å². The molecule has 1 aliphatic carbocycles. The maximum Gasteiger partial charge on any atom is 0.133 e. The van der Waals surface area contributed by atoms with Gasteiger partial charge in [0.25, 0.3) is 0 Å². The first-order chi connectivity index (χ1) is 6.36. The van der Waals surface area contributed by atoms with E-state index in [-0.39, 0.29) is 0 Å². The van der Waals surface area contributed by atoms with Gasteiger partial charge >= 0.3 is 0 Å². The maximum absolute atomic E-state index is 5.45. The Labute approximate surface area is 79.8 Å². The van der Waals surface area contributed by atoms with Crippen molar-refractivity contribution < 1.29 is 4.42 Å². The second-order valence-corrected chi connectivity index (χ2v) is 2.72. The maximum atomic E-state index is 5.45. The van der Waals surface area contributed by atoms with Gasteiger partial charge in [0, 0.05) is 5.56 Å². The van der Waals surface area contributed by atoms with E-state index >= 15 is 0 Å². The van der Waals surface area contributed by atoms with Crippen LogP contribution in [0, 0.1) is 6.92 Å². The van der Waals surface area contributed by atoms with E-state index < -0.39 is 0 Å². The molecular weight excluding hydrogens is 160 g/mol. The van der Waals surface area contributed by atoms with Gasteiger partial charge in [-0.1, -0.05) is 32.1 Å². The molecule has 1 nitrogen and oxygen atoms in total. The summed E-state index contributed by atoms with van der Waals surface area (Å²) in [5, 5.41) is 0. The normalized spacial score (nSPS) is 12.8. The Morgan fingerprint density at radius 3 is 2.62 bits per heavy atom. The zero-order valence-electron chi connectivity index (χ0n) is 8.50. The fourth-order valence-electron chi connectivity index (χ4n) is 1.26. The smallest absolute Gasteiger partial charge is 0.133 e. The van der Waals surface area contributed by atoms with Crippen LogP contribution < -0.4 is 0 Å². The van der Waals surface area contributed by atoms with Gasteiger partial charge in [-0.05, 0) is 25.5 Å². The van der Waals surface area contributed by atoms with Crippen molar-refractivity contribution in [3.8, 4) is 0 Å². The van der Waals surface area contributed by atoms with Gasteiger partial charge in [0.15, 0.2) is 0 Å². The van der Waals surface area contributed by atoms with Crippen LogP contribution in [-0.4, -0.2) is 0 Å². The predicted octanol–water partition coefficient (Wildman–Crippen LogP) is 4.04. The van der Waals surface area contributed by atoms with E-state index in [1.165, 1.54) is 5.56 Å². The minimum Gasteiger partial charge on any atom is -0.461 e. The first-order valence-corrected chi connectivity index (χ1v) is 4.80. The molecule has 1 heteroatoms.